The summed E-state index contributed by atoms with van der Waals surface area (Å²) in [6.07, 6.45) is 1.55. The SMILES string of the molecule is CNC(=O)[C@@H]1CCCN(C(=O)c2ccc(C(=O)O)s2)C1. The van der Waals surface area contributed by atoms with E-state index in [1.807, 2.05) is 0 Å². The van der Waals surface area contributed by atoms with Crippen LogP contribution in [0.15, 0.2) is 12.1 Å². The van der Waals surface area contributed by atoms with Gasteiger partial charge in [0, 0.05) is 20.1 Å². The van der Waals surface area contributed by atoms with Crippen LogP contribution in [-0.4, -0.2) is 47.9 Å². The fraction of sp³-hybridized carbons (Fsp3) is 0.462. The van der Waals surface area contributed by atoms with Crippen molar-refractivity contribution in [1.29, 1.82) is 0 Å². The molecule has 0 radical (unpaired) electrons. The Balaban J connectivity index is 2.08. The molecule has 7 heteroatoms. The number of likely N-dealkylation sites (tertiary alicyclic amines) is 1. The predicted octanol–water partition coefficient (Wildman–Crippen LogP) is 1.04. The zero-order valence-electron chi connectivity index (χ0n) is 11.1. The van der Waals surface area contributed by atoms with Crippen LogP contribution >= 0.6 is 11.3 Å². The molecule has 0 spiro atoms. The van der Waals surface area contributed by atoms with Gasteiger partial charge in [-0.3, -0.25) is 9.59 Å². The summed E-state index contributed by atoms with van der Waals surface area (Å²) in [4.78, 5) is 36.9. The molecule has 0 saturated carbocycles. The van der Waals surface area contributed by atoms with E-state index < -0.39 is 5.97 Å². The van der Waals surface area contributed by atoms with Crippen molar-refractivity contribution in [2.24, 2.45) is 5.92 Å². The Morgan fingerprint density at radius 3 is 2.65 bits per heavy atom. The lowest BCUT2D eigenvalue weighted by molar-refractivity contribution is -0.125. The van der Waals surface area contributed by atoms with E-state index in [-0.39, 0.29) is 22.6 Å². The molecule has 1 atom stereocenters. The first-order valence-electron chi connectivity index (χ1n) is 6.37. The Morgan fingerprint density at radius 1 is 1.35 bits per heavy atom. The second kappa shape index (κ2) is 6.04. The van der Waals surface area contributed by atoms with Crippen LogP contribution in [-0.2, 0) is 4.79 Å². The van der Waals surface area contributed by atoms with Crippen LogP contribution in [0, 0.1) is 5.92 Å². The molecule has 2 heterocycles. The number of carboxylic acid groups (broad SMARTS) is 1. The van der Waals surface area contributed by atoms with Gasteiger partial charge in [-0.1, -0.05) is 0 Å². The van der Waals surface area contributed by atoms with Crippen molar-refractivity contribution in [2.75, 3.05) is 20.1 Å². The molecule has 0 aliphatic carbocycles. The molecule has 2 amide bonds. The Bertz CT molecular complexity index is 540. The van der Waals surface area contributed by atoms with Crippen LogP contribution in [0.4, 0.5) is 0 Å². The number of hydrogen-bond acceptors (Lipinski definition) is 4. The Morgan fingerprint density at radius 2 is 2.05 bits per heavy atom. The van der Waals surface area contributed by atoms with E-state index in [0.717, 1.165) is 24.2 Å². The van der Waals surface area contributed by atoms with Crippen LogP contribution < -0.4 is 5.32 Å². The number of carboxylic acids is 1. The Labute approximate surface area is 120 Å². The Hall–Kier alpha value is -1.89. The molecule has 1 aliphatic rings. The predicted molar refractivity (Wildman–Crippen MR) is 74.0 cm³/mol. The summed E-state index contributed by atoms with van der Waals surface area (Å²) in [6, 6.07) is 2.96. The van der Waals surface area contributed by atoms with Crippen LogP contribution in [0.5, 0.6) is 0 Å². The highest BCUT2D eigenvalue weighted by Crippen LogP contribution is 2.22. The lowest BCUT2D eigenvalue weighted by Gasteiger charge is -2.31. The van der Waals surface area contributed by atoms with E-state index in [1.165, 1.54) is 12.1 Å². The zero-order valence-corrected chi connectivity index (χ0v) is 11.9. The van der Waals surface area contributed by atoms with E-state index in [1.54, 1.807) is 11.9 Å². The normalized spacial score (nSPS) is 18.6. The van der Waals surface area contributed by atoms with Gasteiger partial charge in [-0.2, -0.15) is 0 Å². The lowest BCUT2D eigenvalue weighted by Crippen LogP contribution is -2.44. The maximum Gasteiger partial charge on any atom is 0.345 e. The maximum absolute atomic E-state index is 12.3. The van der Waals surface area contributed by atoms with E-state index in [0.29, 0.717) is 18.0 Å². The highest BCUT2D eigenvalue weighted by Gasteiger charge is 2.29. The summed E-state index contributed by atoms with van der Waals surface area (Å²) in [5.41, 5.74) is 0. The first kappa shape index (κ1) is 14.5. The fourth-order valence-electron chi connectivity index (χ4n) is 2.30. The van der Waals surface area contributed by atoms with Gasteiger partial charge in [0.2, 0.25) is 5.91 Å². The monoisotopic (exact) mass is 296 g/mol. The maximum atomic E-state index is 12.3. The van der Waals surface area contributed by atoms with Crippen molar-refractivity contribution in [3.05, 3.63) is 21.9 Å². The van der Waals surface area contributed by atoms with Gasteiger partial charge in [-0.05, 0) is 25.0 Å². The van der Waals surface area contributed by atoms with Gasteiger partial charge in [0.15, 0.2) is 0 Å². The lowest BCUT2D eigenvalue weighted by atomic mass is 9.97. The van der Waals surface area contributed by atoms with Crippen LogP contribution in [0.3, 0.4) is 0 Å². The Kier molecular flexibility index (Phi) is 4.39. The van der Waals surface area contributed by atoms with Crippen LogP contribution in [0.2, 0.25) is 0 Å². The van der Waals surface area contributed by atoms with Gasteiger partial charge in [0.1, 0.15) is 4.88 Å². The molecule has 0 bridgehead atoms. The number of nitrogens with zero attached hydrogens (tertiary/aromatic N) is 1. The third-order valence-electron chi connectivity index (χ3n) is 3.35. The second-order valence-electron chi connectivity index (χ2n) is 4.67. The number of piperidine rings is 1. The smallest absolute Gasteiger partial charge is 0.345 e. The quantitative estimate of drug-likeness (QED) is 0.872. The number of carbonyl (C=O) groups excluding carboxylic acids is 2. The van der Waals surface area contributed by atoms with Crippen LogP contribution in [0.25, 0.3) is 0 Å². The third-order valence-corrected chi connectivity index (χ3v) is 4.41. The third kappa shape index (κ3) is 2.98. The summed E-state index contributed by atoms with van der Waals surface area (Å²) < 4.78 is 0. The molecule has 0 aromatic carbocycles. The molecular formula is C13H16N2O4S. The van der Waals surface area contributed by atoms with Crippen molar-refractivity contribution >= 4 is 29.1 Å². The molecule has 108 valence electrons. The molecule has 0 unspecified atom stereocenters. The molecule has 1 aromatic heterocycles. The van der Waals surface area contributed by atoms with Gasteiger partial charge >= 0.3 is 5.97 Å². The van der Waals surface area contributed by atoms with Gasteiger partial charge in [0.25, 0.3) is 5.91 Å². The minimum atomic E-state index is -1.03. The molecular weight excluding hydrogens is 280 g/mol. The average molecular weight is 296 g/mol. The number of rotatable bonds is 3. The first-order chi connectivity index (χ1) is 9.52. The van der Waals surface area contributed by atoms with E-state index in [9.17, 15) is 14.4 Å². The number of hydrogen-bond donors (Lipinski definition) is 2. The van der Waals surface area contributed by atoms with Gasteiger partial charge in [0.05, 0.1) is 10.8 Å². The number of thiophene rings is 1. The highest BCUT2D eigenvalue weighted by atomic mass is 32.1. The molecule has 6 nitrogen and oxygen atoms in total. The average Bonchev–Trinajstić information content (AvgIpc) is 2.95. The van der Waals surface area contributed by atoms with Crippen molar-refractivity contribution in [3.8, 4) is 0 Å². The topological polar surface area (TPSA) is 86.7 Å². The molecule has 20 heavy (non-hydrogen) atoms. The van der Waals surface area contributed by atoms with Gasteiger partial charge in [-0.25, -0.2) is 4.79 Å². The van der Waals surface area contributed by atoms with E-state index in [4.69, 9.17) is 5.11 Å². The standard InChI is InChI=1S/C13H16N2O4S/c1-14-11(16)8-3-2-6-15(7-8)12(17)9-4-5-10(20-9)13(18)19/h4-5,8H,2-3,6-7H2,1H3,(H,14,16)(H,18,19)/t8-/m1/s1. The summed E-state index contributed by atoms with van der Waals surface area (Å²) >= 11 is 0.967. The minimum Gasteiger partial charge on any atom is -0.477 e. The van der Waals surface area contributed by atoms with E-state index >= 15 is 0 Å². The molecule has 2 rings (SSSR count). The molecule has 1 aromatic rings. The minimum absolute atomic E-state index is 0.0556. The van der Waals surface area contributed by atoms with Gasteiger partial charge < -0.3 is 15.3 Å². The van der Waals surface area contributed by atoms with Crippen molar-refractivity contribution in [3.63, 3.8) is 0 Å². The zero-order chi connectivity index (χ0) is 14.7. The van der Waals surface area contributed by atoms with Crippen molar-refractivity contribution in [1.82, 2.24) is 10.2 Å². The summed E-state index contributed by atoms with van der Waals surface area (Å²) in [7, 11) is 1.58. The highest BCUT2D eigenvalue weighted by molar-refractivity contribution is 7.15. The second-order valence-corrected chi connectivity index (χ2v) is 5.76. The van der Waals surface area contributed by atoms with E-state index in [2.05, 4.69) is 5.32 Å². The summed E-state index contributed by atoms with van der Waals surface area (Å²) in [5.74, 6) is -1.47. The fourth-order valence-corrected chi connectivity index (χ4v) is 3.12. The number of nitrogens with one attached hydrogen (secondary N) is 1. The molecule has 1 fully saturated rings. The summed E-state index contributed by atoms with van der Waals surface area (Å²) in [5, 5.41) is 11.5. The van der Waals surface area contributed by atoms with Crippen molar-refractivity contribution < 1.29 is 19.5 Å². The first-order valence-corrected chi connectivity index (χ1v) is 7.18. The van der Waals surface area contributed by atoms with Crippen LogP contribution in [0.1, 0.15) is 32.2 Å². The number of amides is 2. The number of carbonyl (C=O) groups is 3. The molecule has 1 saturated heterocycles. The van der Waals surface area contributed by atoms with Crippen molar-refractivity contribution in [2.45, 2.75) is 12.8 Å². The van der Waals surface area contributed by atoms with Gasteiger partial charge in [-0.15, -0.1) is 11.3 Å². The summed E-state index contributed by atoms with van der Waals surface area (Å²) in [6.45, 7) is 0.992. The molecule has 1 aliphatic heterocycles. The largest absolute Gasteiger partial charge is 0.477 e. The number of aromatic carboxylic acids is 1. The molecule has 2 N–H and O–H groups in total.